The Balaban J connectivity index is 1.64. The lowest BCUT2D eigenvalue weighted by Crippen LogP contribution is -2.34. The van der Waals surface area contributed by atoms with Gasteiger partial charge < -0.3 is 19.7 Å². The molecule has 0 aliphatic carbocycles. The van der Waals surface area contributed by atoms with Gasteiger partial charge in [-0.25, -0.2) is 4.79 Å². The van der Waals surface area contributed by atoms with E-state index < -0.39 is 0 Å². The van der Waals surface area contributed by atoms with Gasteiger partial charge in [0.2, 0.25) is 0 Å². The number of urea groups is 1. The van der Waals surface area contributed by atoms with Crippen LogP contribution in [0.1, 0.15) is 30.1 Å². The normalized spacial score (nSPS) is 16.1. The minimum absolute atomic E-state index is 0.0609. The van der Waals surface area contributed by atoms with Crippen molar-refractivity contribution >= 4 is 22.6 Å². The molecule has 1 saturated heterocycles. The van der Waals surface area contributed by atoms with E-state index in [0.717, 1.165) is 52.2 Å². The van der Waals surface area contributed by atoms with Crippen LogP contribution in [0.25, 0.3) is 10.9 Å². The van der Waals surface area contributed by atoms with Gasteiger partial charge in [-0.15, -0.1) is 0 Å². The van der Waals surface area contributed by atoms with Crippen LogP contribution < -0.4 is 14.8 Å². The second-order valence-corrected chi connectivity index (χ2v) is 7.22. The van der Waals surface area contributed by atoms with Crippen molar-refractivity contribution in [1.29, 1.82) is 0 Å². The van der Waals surface area contributed by atoms with Crippen LogP contribution in [0.15, 0.2) is 48.5 Å². The molecule has 1 atom stereocenters. The molecule has 0 unspecified atom stereocenters. The van der Waals surface area contributed by atoms with E-state index in [1.165, 1.54) is 0 Å². The smallest absolute Gasteiger partial charge is 0.322 e. The van der Waals surface area contributed by atoms with E-state index in [9.17, 15) is 4.79 Å². The highest BCUT2D eigenvalue weighted by atomic mass is 16.5. The molecule has 1 aliphatic rings. The Morgan fingerprint density at radius 2 is 1.97 bits per heavy atom. The second-order valence-electron chi connectivity index (χ2n) is 7.22. The molecule has 3 aromatic rings. The van der Waals surface area contributed by atoms with Crippen LogP contribution in [0.4, 0.5) is 10.5 Å². The third-order valence-corrected chi connectivity index (χ3v) is 5.40. The quantitative estimate of drug-likeness (QED) is 0.685. The van der Waals surface area contributed by atoms with E-state index in [-0.39, 0.29) is 12.1 Å². The van der Waals surface area contributed by atoms with E-state index in [4.69, 9.17) is 9.47 Å². The largest absolute Gasteiger partial charge is 0.497 e. The Hall–Kier alpha value is -3.28. The number of nitrogens with zero attached hydrogens (tertiary/aromatic N) is 2. The van der Waals surface area contributed by atoms with E-state index in [1.54, 1.807) is 14.2 Å². The minimum atomic E-state index is -0.117. The molecule has 2 amide bonds. The van der Waals surface area contributed by atoms with Gasteiger partial charge in [-0.1, -0.05) is 18.2 Å². The molecule has 2 heterocycles. The van der Waals surface area contributed by atoms with Gasteiger partial charge in [0.1, 0.15) is 11.5 Å². The van der Waals surface area contributed by atoms with E-state index >= 15 is 0 Å². The topological polar surface area (TPSA) is 63.7 Å². The number of nitrogens with one attached hydrogen (secondary N) is 1. The zero-order valence-corrected chi connectivity index (χ0v) is 16.9. The van der Waals surface area contributed by atoms with Crippen LogP contribution in [0.3, 0.4) is 0 Å². The molecule has 1 aliphatic heterocycles. The Morgan fingerprint density at radius 3 is 2.76 bits per heavy atom. The third-order valence-electron chi connectivity index (χ3n) is 5.40. The number of methoxy groups -OCH3 is 2. The molecule has 1 N–H and O–H groups in total. The number of benzene rings is 2. The van der Waals surface area contributed by atoms with Crippen LogP contribution in [-0.4, -0.2) is 36.7 Å². The van der Waals surface area contributed by atoms with Crippen molar-refractivity contribution in [2.24, 2.45) is 0 Å². The molecule has 0 saturated carbocycles. The number of hydrogen-bond donors (Lipinski definition) is 1. The fourth-order valence-corrected chi connectivity index (χ4v) is 4.03. The molecule has 29 heavy (non-hydrogen) atoms. The predicted octanol–water partition coefficient (Wildman–Crippen LogP) is 4.93. The van der Waals surface area contributed by atoms with Crippen LogP contribution in [0, 0.1) is 6.92 Å². The number of aromatic nitrogens is 1. The summed E-state index contributed by atoms with van der Waals surface area (Å²) in [5.74, 6) is 1.52. The number of rotatable bonds is 4. The number of likely N-dealkylation sites (tertiary alicyclic amines) is 1. The van der Waals surface area contributed by atoms with Gasteiger partial charge in [-0.2, -0.15) is 0 Å². The van der Waals surface area contributed by atoms with Crippen LogP contribution >= 0.6 is 0 Å². The summed E-state index contributed by atoms with van der Waals surface area (Å²) in [5.41, 5.74) is 3.48. The summed E-state index contributed by atoms with van der Waals surface area (Å²) < 4.78 is 10.9. The fraction of sp³-hybridized carbons (Fsp3) is 0.304. The molecule has 6 heteroatoms. The SMILES string of the molecule is COc1ccc(OC)c([C@H]2CCCN2C(=O)Nc2cc(C)nc3ccccc23)c1. The number of fused-ring (bicyclic) bond motifs is 1. The number of hydrogen-bond acceptors (Lipinski definition) is 4. The van der Waals surface area contributed by atoms with Crippen LogP contribution in [0.5, 0.6) is 11.5 Å². The average Bonchev–Trinajstić information content (AvgIpc) is 3.23. The van der Waals surface area contributed by atoms with Gasteiger partial charge in [-0.3, -0.25) is 4.98 Å². The maximum atomic E-state index is 13.2. The molecule has 4 rings (SSSR count). The highest BCUT2D eigenvalue weighted by Gasteiger charge is 2.32. The Morgan fingerprint density at radius 1 is 1.14 bits per heavy atom. The van der Waals surface area contributed by atoms with Crippen molar-refractivity contribution in [1.82, 2.24) is 9.88 Å². The lowest BCUT2D eigenvalue weighted by molar-refractivity contribution is 0.206. The molecule has 0 spiro atoms. The number of carbonyl (C=O) groups is 1. The van der Waals surface area contributed by atoms with Gasteiger partial charge in [0.25, 0.3) is 0 Å². The van der Waals surface area contributed by atoms with Gasteiger partial charge >= 0.3 is 6.03 Å². The molecule has 0 bridgehead atoms. The van der Waals surface area contributed by atoms with Crippen molar-refractivity contribution in [2.45, 2.75) is 25.8 Å². The summed E-state index contributed by atoms with van der Waals surface area (Å²) in [4.78, 5) is 19.7. The summed E-state index contributed by atoms with van der Waals surface area (Å²) in [5, 5.41) is 4.04. The number of para-hydroxylation sites is 1. The molecule has 1 aromatic heterocycles. The summed E-state index contributed by atoms with van der Waals surface area (Å²) in [6.07, 6.45) is 1.82. The Labute approximate surface area is 170 Å². The first-order valence-corrected chi connectivity index (χ1v) is 9.76. The lowest BCUT2D eigenvalue weighted by atomic mass is 10.0. The van der Waals surface area contributed by atoms with Crippen molar-refractivity contribution < 1.29 is 14.3 Å². The maximum Gasteiger partial charge on any atom is 0.322 e. The lowest BCUT2D eigenvalue weighted by Gasteiger charge is -2.27. The second kappa shape index (κ2) is 7.99. The monoisotopic (exact) mass is 391 g/mol. The summed E-state index contributed by atoms with van der Waals surface area (Å²) in [6.45, 7) is 2.63. The predicted molar refractivity (Wildman–Crippen MR) is 114 cm³/mol. The molecule has 1 fully saturated rings. The zero-order valence-electron chi connectivity index (χ0n) is 16.9. The van der Waals surface area contributed by atoms with Crippen molar-refractivity contribution in [3.8, 4) is 11.5 Å². The molecular weight excluding hydrogens is 366 g/mol. The Bertz CT molecular complexity index is 1050. The molecule has 6 nitrogen and oxygen atoms in total. The van der Waals surface area contributed by atoms with Crippen LogP contribution in [0.2, 0.25) is 0 Å². The first-order valence-electron chi connectivity index (χ1n) is 9.76. The highest BCUT2D eigenvalue weighted by Crippen LogP contribution is 2.39. The highest BCUT2D eigenvalue weighted by molar-refractivity contribution is 6.00. The number of pyridine rings is 1. The van der Waals surface area contributed by atoms with E-state index in [2.05, 4.69) is 10.3 Å². The number of aryl methyl sites for hydroxylation is 1. The zero-order chi connectivity index (χ0) is 20.4. The first kappa shape index (κ1) is 19.1. The van der Waals surface area contributed by atoms with Crippen LogP contribution in [-0.2, 0) is 0 Å². The first-order chi connectivity index (χ1) is 14.1. The van der Waals surface area contributed by atoms with E-state index in [0.29, 0.717) is 6.54 Å². The number of ether oxygens (including phenoxy) is 2. The number of carbonyl (C=O) groups excluding carboxylic acids is 1. The average molecular weight is 391 g/mol. The van der Waals surface area contributed by atoms with Crippen molar-refractivity contribution in [2.75, 3.05) is 26.1 Å². The van der Waals surface area contributed by atoms with E-state index in [1.807, 2.05) is 60.4 Å². The Kier molecular flexibility index (Phi) is 5.25. The van der Waals surface area contributed by atoms with Crippen molar-refractivity contribution in [3.63, 3.8) is 0 Å². The van der Waals surface area contributed by atoms with Gasteiger partial charge in [0.15, 0.2) is 0 Å². The molecule has 150 valence electrons. The molecular formula is C23H25N3O3. The van der Waals surface area contributed by atoms with Gasteiger partial charge in [0.05, 0.1) is 31.5 Å². The standard InChI is InChI=1S/C23H25N3O3/c1-15-13-20(17-7-4-5-8-19(17)24-15)25-23(27)26-12-6-9-21(26)18-14-16(28-2)10-11-22(18)29-3/h4-5,7-8,10-11,13-14,21H,6,9,12H2,1-3H3,(H,24,25,27)/t21-/m1/s1. The summed E-state index contributed by atoms with van der Waals surface area (Å²) >= 11 is 0. The third kappa shape index (κ3) is 3.70. The fourth-order valence-electron chi connectivity index (χ4n) is 4.03. The molecule has 0 radical (unpaired) electrons. The van der Waals surface area contributed by atoms with Gasteiger partial charge in [-0.05, 0) is 50.1 Å². The minimum Gasteiger partial charge on any atom is -0.497 e. The number of amides is 2. The number of anilines is 1. The van der Waals surface area contributed by atoms with Crippen molar-refractivity contribution in [3.05, 3.63) is 59.8 Å². The summed E-state index contributed by atoms with van der Waals surface area (Å²) in [6, 6.07) is 15.3. The summed E-state index contributed by atoms with van der Waals surface area (Å²) in [7, 11) is 3.29. The molecule has 2 aromatic carbocycles. The van der Waals surface area contributed by atoms with Gasteiger partial charge in [0, 0.05) is 23.2 Å². The maximum absolute atomic E-state index is 13.2.